The van der Waals surface area contributed by atoms with Gasteiger partial charge in [-0.15, -0.1) is 11.3 Å². The Kier molecular flexibility index (Phi) is 7.93. The lowest BCUT2D eigenvalue weighted by Crippen LogP contribution is -2.45. The number of thiazole rings is 1. The molecule has 37 heavy (non-hydrogen) atoms. The van der Waals surface area contributed by atoms with Gasteiger partial charge in [0.25, 0.3) is 5.91 Å². The van der Waals surface area contributed by atoms with Gasteiger partial charge in [-0.2, -0.15) is 15.0 Å². The highest BCUT2D eigenvalue weighted by Gasteiger charge is 2.19. The fourth-order valence-electron chi connectivity index (χ4n) is 3.72. The van der Waals surface area contributed by atoms with Crippen LogP contribution in [0.5, 0.6) is 0 Å². The first-order valence-corrected chi connectivity index (χ1v) is 13.7. The molecule has 0 bridgehead atoms. The van der Waals surface area contributed by atoms with Gasteiger partial charge in [-0.3, -0.25) is 10.1 Å². The van der Waals surface area contributed by atoms with Crippen LogP contribution in [0.25, 0.3) is 0 Å². The molecule has 2 aromatic carbocycles. The van der Waals surface area contributed by atoms with Crippen LogP contribution < -0.4 is 15.5 Å². The third-order valence-electron chi connectivity index (χ3n) is 5.87. The Bertz CT molecular complexity index is 1340. The number of nitrogens with one attached hydrogen (secondary N) is 2. The number of likely N-dealkylation sites (N-methyl/N-ethyl adjacent to an activating group) is 1. The zero-order valence-electron chi connectivity index (χ0n) is 20.7. The average molecular weight is 533 g/mol. The van der Waals surface area contributed by atoms with Crippen LogP contribution in [-0.2, 0) is 6.42 Å². The predicted molar refractivity (Wildman–Crippen MR) is 149 cm³/mol. The Balaban J connectivity index is 1.34. The number of amides is 1. The van der Waals surface area contributed by atoms with Gasteiger partial charge >= 0.3 is 0 Å². The maximum atomic E-state index is 12.6. The smallest absolute Gasteiger partial charge is 0.255 e. The molecule has 11 heteroatoms. The summed E-state index contributed by atoms with van der Waals surface area (Å²) in [6.07, 6.45) is 2.81. The number of piperazine rings is 1. The minimum atomic E-state index is -0.151. The third-order valence-corrected chi connectivity index (χ3v) is 7.80. The van der Waals surface area contributed by atoms with Crippen molar-refractivity contribution < 1.29 is 4.79 Å². The van der Waals surface area contributed by atoms with Crippen LogP contribution in [0.3, 0.4) is 0 Å². The van der Waals surface area contributed by atoms with Gasteiger partial charge in [0, 0.05) is 53.4 Å². The quantitative estimate of drug-likeness (QED) is 0.332. The number of anilines is 4. The number of aryl methyl sites for hydroxylation is 1. The second-order valence-electron chi connectivity index (χ2n) is 8.59. The largest absolute Gasteiger partial charge is 0.338 e. The van der Waals surface area contributed by atoms with Gasteiger partial charge in [-0.05, 0) is 61.6 Å². The van der Waals surface area contributed by atoms with Gasteiger partial charge in [-0.1, -0.05) is 25.1 Å². The van der Waals surface area contributed by atoms with Crippen molar-refractivity contribution in [3.63, 3.8) is 0 Å². The molecule has 0 aliphatic carbocycles. The van der Waals surface area contributed by atoms with E-state index in [1.807, 2.05) is 60.8 Å². The standard InChI is InChI=1S/C26H28N8OS2/c1-3-20-17-27-25(36-20)30-23-29-24(34-15-13-33(2)14-16-34)32-26(31-23)37-21-11-9-18(10-12-21)22(35)28-19-7-5-4-6-8-19/h4-12,17H,3,13-16H2,1-2H3,(H,28,35)(H,27,29,30,31,32). The van der Waals surface area contributed by atoms with Crippen LogP contribution in [0, 0.1) is 0 Å². The summed E-state index contributed by atoms with van der Waals surface area (Å²) in [4.78, 5) is 37.8. The molecule has 4 aromatic rings. The Hall–Kier alpha value is -3.54. The summed E-state index contributed by atoms with van der Waals surface area (Å²) in [6.45, 7) is 5.72. The first kappa shape index (κ1) is 25.1. The molecule has 0 atom stereocenters. The number of carbonyl (C=O) groups is 1. The first-order valence-electron chi connectivity index (χ1n) is 12.1. The lowest BCUT2D eigenvalue weighted by Gasteiger charge is -2.32. The van der Waals surface area contributed by atoms with Crippen molar-refractivity contribution in [3.05, 3.63) is 71.2 Å². The van der Waals surface area contributed by atoms with Gasteiger partial charge in [-0.25, -0.2) is 4.98 Å². The Morgan fingerprint density at radius 3 is 2.46 bits per heavy atom. The molecule has 0 saturated carbocycles. The summed E-state index contributed by atoms with van der Waals surface area (Å²) in [5.74, 6) is 0.975. The van der Waals surface area contributed by atoms with Crippen molar-refractivity contribution in [1.29, 1.82) is 0 Å². The topological polar surface area (TPSA) is 99.2 Å². The van der Waals surface area contributed by atoms with Gasteiger partial charge in [0.1, 0.15) is 0 Å². The van der Waals surface area contributed by atoms with Crippen molar-refractivity contribution in [2.75, 3.05) is 48.8 Å². The average Bonchev–Trinajstić information content (AvgIpc) is 3.37. The molecule has 2 N–H and O–H groups in total. The molecule has 0 radical (unpaired) electrons. The van der Waals surface area contributed by atoms with Crippen molar-refractivity contribution in [3.8, 4) is 0 Å². The molecule has 1 aliphatic rings. The predicted octanol–water partition coefficient (Wildman–Crippen LogP) is 4.79. The van der Waals surface area contributed by atoms with E-state index in [1.54, 1.807) is 11.3 Å². The monoisotopic (exact) mass is 532 g/mol. The van der Waals surface area contributed by atoms with E-state index in [-0.39, 0.29) is 5.91 Å². The van der Waals surface area contributed by atoms with Gasteiger partial charge in [0.05, 0.1) is 0 Å². The molecule has 3 heterocycles. The molecule has 1 saturated heterocycles. The molecule has 5 rings (SSSR count). The van der Waals surface area contributed by atoms with Crippen LogP contribution in [0.1, 0.15) is 22.2 Å². The van der Waals surface area contributed by atoms with E-state index in [9.17, 15) is 4.79 Å². The number of carbonyl (C=O) groups excluding carboxylic acids is 1. The van der Waals surface area contributed by atoms with Gasteiger partial charge < -0.3 is 15.1 Å². The molecular weight excluding hydrogens is 504 g/mol. The fourth-order valence-corrected chi connectivity index (χ4v) is 5.21. The number of nitrogens with zero attached hydrogens (tertiary/aromatic N) is 6. The molecule has 190 valence electrons. The Morgan fingerprint density at radius 2 is 1.76 bits per heavy atom. The highest BCUT2D eigenvalue weighted by molar-refractivity contribution is 7.99. The summed E-state index contributed by atoms with van der Waals surface area (Å²) in [5.41, 5.74) is 1.35. The number of benzene rings is 2. The minimum Gasteiger partial charge on any atom is -0.338 e. The Labute approximate surface area is 224 Å². The van der Waals surface area contributed by atoms with Crippen LogP contribution in [0.2, 0.25) is 0 Å². The van der Waals surface area contributed by atoms with E-state index in [0.717, 1.165) is 48.3 Å². The summed E-state index contributed by atoms with van der Waals surface area (Å²) >= 11 is 3.03. The lowest BCUT2D eigenvalue weighted by molar-refractivity contribution is 0.102. The zero-order valence-corrected chi connectivity index (χ0v) is 22.4. The molecule has 0 spiro atoms. The molecule has 9 nitrogen and oxygen atoms in total. The zero-order chi connectivity index (χ0) is 25.6. The normalized spacial score (nSPS) is 13.9. The van der Waals surface area contributed by atoms with Gasteiger partial charge in [0.15, 0.2) is 10.3 Å². The fraction of sp³-hybridized carbons (Fsp3) is 0.269. The summed E-state index contributed by atoms with van der Waals surface area (Å²) in [7, 11) is 2.12. The van der Waals surface area contributed by atoms with E-state index in [2.05, 4.69) is 44.4 Å². The lowest BCUT2D eigenvalue weighted by atomic mass is 10.2. The van der Waals surface area contributed by atoms with E-state index < -0.39 is 0 Å². The molecule has 2 aromatic heterocycles. The van der Waals surface area contributed by atoms with Crippen molar-refractivity contribution in [2.24, 2.45) is 0 Å². The third kappa shape index (κ3) is 6.62. The molecule has 0 unspecified atom stereocenters. The number of hydrogen-bond donors (Lipinski definition) is 2. The van der Waals surface area contributed by atoms with Crippen molar-refractivity contribution >= 4 is 51.7 Å². The maximum Gasteiger partial charge on any atom is 0.255 e. The van der Waals surface area contributed by atoms with Crippen LogP contribution in [0.15, 0.2) is 70.8 Å². The van der Waals surface area contributed by atoms with Gasteiger partial charge in [0.2, 0.25) is 11.9 Å². The summed E-state index contributed by atoms with van der Waals surface area (Å²) in [6, 6.07) is 16.9. The van der Waals surface area contributed by atoms with Crippen LogP contribution in [0.4, 0.5) is 22.7 Å². The first-order chi connectivity index (χ1) is 18.1. The van der Waals surface area contributed by atoms with Crippen LogP contribution >= 0.6 is 23.1 Å². The maximum absolute atomic E-state index is 12.6. The minimum absolute atomic E-state index is 0.151. The highest BCUT2D eigenvalue weighted by atomic mass is 32.2. The Morgan fingerprint density at radius 1 is 1.00 bits per heavy atom. The number of hydrogen-bond acceptors (Lipinski definition) is 10. The molecule has 1 amide bonds. The molecule has 1 fully saturated rings. The summed E-state index contributed by atoms with van der Waals surface area (Å²) < 4.78 is 0. The van der Waals surface area contributed by atoms with Crippen molar-refractivity contribution in [1.82, 2.24) is 24.8 Å². The highest BCUT2D eigenvalue weighted by Crippen LogP contribution is 2.29. The van der Waals surface area contributed by atoms with Crippen LogP contribution in [-0.4, -0.2) is 64.0 Å². The number of rotatable bonds is 8. The second kappa shape index (κ2) is 11.7. The molecular formula is C26H28N8OS2. The van der Waals surface area contributed by atoms with Crippen molar-refractivity contribution in [2.45, 2.75) is 23.4 Å². The van der Waals surface area contributed by atoms with E-state index in [0.29, 0.717) is 22.6 Å². The number of aromatic nitrogens is 4. The van der Waals surface area contributed by atoms with E-state index >= 15 is 0 Å². The van der Waals surface area contributed by atoms with E-state index in [4.69, 9.17) is 9.97 Å². The molecule has 1 aliphatic heterocycles. The summed E-state index contributed by atoms with van der Waals surface area (Å²) in [5, 5.41) is 7.52. The second-order valence-corrected chi connectivity index (χ2v) is 10.7. The number of para-hydroxylation sites is 1. The SMILES string of the molecule is CCc1cnc(Nc2nc(Sc3ccc(C(=O)Nc4ccccc4)cc3)nc(N3CCN(C)CC3)n2)s1. The van der Waals surface area contributed by atoms with E-state index in [1.165, 1.54) is 16.6 Å².